The van der Waals surface area contributed by atoms with Crippen molar-refractivity contribution in [1.29, 1.82) is 0 Å². The van der Waals surface area contributed by atoms with E-state index >= 15 is 0 Å². The molecule has 2 aromatic rings. The van der Waals surface area contributed by atoms with Crippen molar-refractivity contribution in [3.8, 4) is 0 Å². The van der Waals surface area contributed by atoms with Crippen LogP contribution < -0.4 is 4.90 Å². The second-order valence-corrected chi connectivity index (χ2v) is 12.7. The third-order valence-electron chi connectivity index (χ3n) is 9.42. The highest BCUT2D eigenvalue weighted by molar-refractivity contribution is 6.31. The van der Waals surface area contributed by atoms with E-state index in [9.17, 15) is 14.4 Å². The van der Waals surface area contributed by atoms with Crippen LogP contribution in [0.3, 0.4) is 0 Å². The van der Waals surface area contributed by atoms with Crippen LogP contribution in [0.15, 0.2) is 36.4 Å². The number of hydrogen-bond donors (Lipinski definition) is 0. The SMILES string of the molecule is CC(=O)N1CCC(C(=O)N(CCCN2C[C@@H]3CN(C(=O)c4c(C)cccc4C)C[C@@H]3C2)c2ccc(C)c(Cl)c2)CC1. The minimum atomic E-state index is -0.0859. The topological polar surface area (TPSA) is 64.2 Å². The first-order valence-corrected chi connectivity index (χ1v) is 15.4. The van der Waals surface area contributed by atoms with E-state index in [4.69, 9.17) is 11.6 Å². The minimum Gasteiger partial charge on any atom is -0.343 e. The number of carbonyl (C=O) groups excluding carboxylic acids is 3. The Morgan fingerprint density at radius 1 is 0.878 bits per heavy atom. The quantitative estimate of drug-likeness (QED) is 0.466. The summed E-state index contributed by atoms with van der Waals surface area (Å²) in [6, 6.07) is 11.9. The highest BCUT2D eigenvalue weighted by Gasteiger charge is 2.42. The summed E-state index contributed by atoms with van der Waals surface area (Å²) in [5.74, 6) is 1.30. The third kappa shape index (κ3) is 6.46. The van der Waals surface area contributed by atoms with Crippen LogP contribution in [0.2, 0.25) is 5.02 Å². The van der Waals surface area contributed by atoms with Crippen LogP contribution in [0.1, 0.15) is 53.2 Å². The molecule has 3 aliphatic heterocycles. The summed E-state index contributed by atoms with van der Waals surface area (Å²) in [5.41, 5.74) is 4.79. The molecule has 7 nitrogen and oxygen atoms in total. The van der Waals surface area contributed by atoms with Gasteiger partial charge >= 0.3 is 0 Å². The van der Waals surface area contributed by atoms with Gasteiger partial charge in [-0.1, -0.05) is 35.9 Å². The van der Waals surface area contributed by atoms with E-state index in [1.54, 1.807) is 6.92 Å². The van der Waals surface area contributed by atoms with Gasteiger partial charge in [-0.25, -0.2) is 0 Å². The first-order valence-electron chi connectivity index (χ1n) is 15.0. The summed E-state index contributed by atoms with van der Waals surface area (Å²) in [6.07, 6.45) is 2.26. The van der Waals surface area contributed by atoms with E-state index < -0.39 is 0 Å². The van der Waals surface area contributed by atoms with Gasteiger partial charge in [0.05, 0.1) is 0 Å². The number of rotatable bonds is 7. The maximum atomic E-state index is 13.8. The molecule has 5 rings (SSSR count). The Labute approximate surface area is 249 Å². The molecule has 3 fully saturated rings. The van der Waals surface area contributed by atoms with Crippen LogP contribution in [-0.2, 0) is 9.59 Å². The van der Waals surface area contributed by atoms with Gasteiger partial charge in [0.15, 0.2) is 0 Å². The van der Waals surface area contributed by atoms with Gasteiger partial charge in [0.1, 0.15) is 0 Å². The summed E-state index contributed by atoms with van der Waals surface area (Å²) in [7, 11) is 0. The average molecular weight is 579 g/mol. The van der Waals surface area contributed by atoms with Crippen molar-refractivity contribution in [2.45, 2.75) is 47.0 Å². The monoisotopic (exact) mass is 578 g/mol. The predicted molar refractivity (Wildman–Crippen MR) is 163 cm³/mol. The highest BCUT2D eigenvalue weighted by Crippen LogP contribution is 2.33. The fraction of sp³-hybridized carbons (Fsp3) is 0.545. The summed E-state index contributed by atoms with van der Waals surface area (Å²) in [5, 5.41) is 0.666. The smallest absolute Gasteiger partial charge is 0.254 e. The summed E-state index contributed by atoms with van der Waals surface area (Å²) >= 11 is 6.47. The molecule has 0 bridgehead atoms. The molecule has 3 aliphatic rings. The molecule has 3 heterocycles. The molecule has 0 radical (unpaired) electrons. The average Bonchev–Trinajstić information content (AvgIpc) is 3.51. The number of likely N-dealkylation sites (tertiary alicyclic amines) is 3. The van der Waals surface area contributed by atoms with E-state index in [1.165, 1.54) is 0 Å². The first-order chi connectivity index (χ1) is 19.6. The van der Waals surface area contributed by atoms with Gasteiger partial charge < -0.3 is 19.6 Å². The standard InChI is InChI=1S/C33H43ClN4O3/c1-22-9-10-29(17-30(22)34)38(32(40)26-11-15-36(16-12-26)25(4)39)14-6-13-35-18-27-20-37(21-28(27)19-35)33(41)31-23(2)7-5-8-24(31)3/h5,7-10,17,26-28H,6,11-16,18-21H2,1-4H3/t27-,28+. The van der Waals surface area contributed by atoms with Crippen LogP contribution in [0.25, 0.3) is 0 Å². The van der Waals surface area contributed by atoms with Gasteiger partial charge in [-0.05, 0) is 87.2 Å². The predicted octanol–water partition coefficient (Wildman–Crippen LogP) is 4.95. The molecule has 220 valence electrons. The lowest BCUT2D eigenvalue weighted by Crippen LogP contribution is -2.44. The Balaban J connectivity index is 1.17. The number of anilines is 1. The van der Waals surface area contributed by atoms with Crippen LogP contribution in [0.5, 0.6) is 0 Å². The van der Waals surface area contributed by atoms with Crippen LogP contribution in [0, 0.1) is 38.5 Å². The van der Waals surface area contributed by atoms with Crippen molar-refractivity contribution in [2.24, 2.45) is 17.8 Å². The maximum absolute atomic E-state index is 13.8. The van der Waals surface area contributed by atoms with Crippen LogP contribution >= 0.6 is 11.6 Å². The zero-order valence-electron chi connectivity index (χ0n) is 24.9. The number of fused-ring (bicyclic) bond motifs is 1. The Hall–Kier alpha value is -2.90. The molecule has 0 aliphatic carbocycles. The Morgan fingerprint density at radius 3 is 2.10 bits per heavy atom. The van der Waals surface area contributed by atoms with Gasteiger partial charge in [-0.15, -0.1) is 0 Å². The molecule has 3 amide bonds. The molecule has 0 saturated carbocycles. The van der Waals surface area contributed by atoms with Crippen molar-refractivity contribution in [3.63, 3.8) is 0 Å². The van der Waals surface area contributed by atoms with E-state index in [2.05, 4.69) is 9.80 Å². The summed E-state index contributed by atoms with van der Waals surface area (Å²) in [6.45, 7) is 14.0. The van der Waals surface area contributed by atoms with Gasteiger partial charge in [0, 0.05) is 74.9 Å². The van der Waals surface area contributed by atoms with Gasteiger partial charge in [0.2, 0.25) is 11.8 Å². The molecule has 3 saturated heterocycles. The molecule has 0 N–H and O–H groups in total. The van der Waals surface area contributed by atoms with E-state index in [0.29, 0.717) is 49.3 Å². The van der Waals surface area contributed by atoms with Crippen molar-refractivity contribution in [3.05, 3.63) is 63.7 Å². The molecule has 0 spiro atoms. The lowest BCUT2D eigenvalue weighted by molar-refractivity contribution is -0.133. The normalized spacial score (nSPS) is 21.3. The zero-order valence-corrected chi connectivity index (χ0v) is 25.6. The second kappa shape index (κ2) is 12.5. The van der Waals surface area contributed by atoms with E-state index in [1.807, 2.05) is 67.0 Å². The zero-order chi connectivity index (χ0) is 29.3. The molecule has 0 aromatic heterocycles. The van der Waals surface area contributed by atoms with Gasteiger partial charge in [-0.3, -0.25) is 14.4 Å². The fourth-order valence-corrected chi connectivity index (χ4v) is 7.15. The minimum absolute atomic E-state index is 0.0752. The number of benzene rings is 2. The van der Waals surface area contributed by atoms with Crippen LogP contribution in [-0.4, -0.2) is 84.8 Å². The second-order valence-electron chi connectivity index (χ2n) is 12.3. The molecule has 8 heteroatoms. The number of carbonyl (C=O) groups is 3. The van der Waals surface area contributed by atoms with E-state index in [-0.39, 0.29) is 23.6 Å². The highest BCUT2D eigenvalue weighted by atomic mass is 35.5. The number of hydrogen-bond acceptors (Lipinski definition) is 4. The molecular formula is C33H43ClN4O3. The Kier molecular flexibility index (Phi) is 9.05. The van der Waals surface area contributed by atoms with Gasteiger partial charge in [-0.2, -0.15) is 0 Å². The molecule has 41 heavy (non-hydrogen) atoms. The lowest BCUT2D eigenvalue weighted by Gasteiger charge is -2.34. The van der Waals surface area contributed by atoms with Crippen molar-refractivity contribution < 1.29 is 14.4 Å². The lowest BCUT2D eigenvalue weighted by atomic mass is 9.94. The number of aryl methyl sites for hydroxylation is 3. The summed E-state index contributed by atoms with van der Waals surface area (Å²) in [4.78, 5) is 47.2. The summed E-state index contributed by atoms with van der Waals surface area (Å²) < 4.78 is 0. The Bertz CT molecular complexity index is 1270. The number of nitrogens with zero attached hydrogens (tertiary/aromatic N) is 4. The number of halogens is 1. The third-order valence-corrected chi connectivity index (χ3v) is 9.83. The first kappa shape index (κ1) is 29.6. The molecule has 2 aromatic carbocycles. The molecule has 2 atom stereocenters. The number of amides is 3. The van der Waals surface area contributed by atoms with Crippen molar-refractivity contribution >= 4 is 35.0 Å². The van der Waals surface area contributed by atoms with Crippen molar-refractivity contribution in [2.75, 3.05) is 57.3 Å². The Morgan fingerprint density at radius 2 is 1.51 bits per heavy atom. The van der Waals surface area contributed by atoms with Crippen molar-refractivity contribution in [1.82, 2.24) is 14.7 Å². The van der Waals surface area contributed by atoms with Crippen LogP contribution in [0.4, 0.5) is 5.69 Å². The fourth-order valence-electron chi connectivity index (χ4n) is 6.98. The number of piperidine rings is 1. The largest absolute Gasteiger partial charge is 0.343 e. The maximum Gasteiger partial charge on any atom is 0.254 e. The molecular weight excluding hydrogens is 536 g/mol. The van der Waals surface area contributed by atoms with Gasteiger partial charge in [0.25, 0.3) is 5.91 Å². The molecule has 0 unspecified atom stereocenters. The van der Waals surface area contributed by atoms with E-state index in [0.717, 1.165) is 67.1 Å².